The number of carbonyl (C=O) groups is 1. The maximum absolute atomic E-state index is 11.7. The van der Waals surface area contributed by atoms with Crippen LogP contribution in [-0.4, -0.2) is 27.3 Å². The highest BCUT2D eigenvalue weighted by atomic mass is 32.2. The monoisotopic (exact) mass is 283 g/mol. The number of anilines is 1. The minimum Gasteiger partial charge on any atom is -0.459 e. The molecule has 0 aliphatic heterocycles. The van der Waals surface area contributed by atoms with E-state index >= 15 is 0 Å². The quantitative estimate of drug-likeness (QED) is 0.508. The molecule has 6 heteroatoms. The molecule has 0 aliphatic rings. The van der Waals surface area contributed by atoms with Gasteiger partial charge in [-0.15, -0.1) is 0 Å². The third kappa shape index (κ3) is 5.46. The molecule has 0 atom stereocenters. The number of nitrogens with two attached hydrogens (primary N) is 1. The molecule has 0 unspecified atom stereocenters. The second-order valence-corrected chi connectivity index (χ2v) is 6.13. The van der Waals surface area contributed by atoms with Gasteiger partial charge in [0.25, 0.3) is 0 Å². The van der Waals surface area contributed by atoms with E-state index in [1.165, 1.54) is 18.1 Å². The Morgan fingerprint density at radius 2 is 2.11 bits per heavy atom. The van der Waals surface area contributed by atoms with E-state index in [1.807, 2.05) is 20.8 Å². The van der Waals surface area contributed by atoms with E-state index in [9.17, 15) is 4.79 Å². The summed E-state index contributed by atoms with van der Waals surface area (Å²) >= 11 is 1.34. The zero-order chi connectivity index (χ0) is 14.5. The third-order valence-corrected chi connectivity index (χ3v) is 3.19. The zero-order valence-corrected chi connectivity index (χ0v) is 12.7. The first kappa shape index (κ1) is 15.8. The highest BCUT2D eigenvalue weighted by molar-refractivity contribution is 7.99. The van der Waals surface area contributed by atoms with Crippen molar-refractivity contribution >= 4 is 23.5 Å². The maximum atomic E-state index is 11.7. The number of rotatable bonds is 5. The summed E-state index contributed by atoms with van der Waals surface area (Å²) in [6.45, 7) is 7.61. The van der Waals surface area contributed by atoms with Crippen molar-refractivity contribution in [2.45, 2.75) is 51.2 Å². The van der Waals surface area contributed by atoms with E-state index < -0.39 is 5.60 Å². The fraction of sp³-hybridized carbons (Fsp3) is 0.615. The topological polar surface area (TPSA) is 78.1 Å². The van der Waals surface area contributed by atoms with Crippen LogP contribution in [0.4, 0.5) is 5.82 Å². The van der Waals surface area contributed by atoms with E-state index in [-0.39, 0.29) is 11.7 Å². The van der Waals surface area contributed by atoms with Crippen molar-refractivity contribution in [2.24, 2.45) is 0 Å². The van der Waals surface area contributed by atoms with Crippen LogP contribution in [0.1, 0.15) is 39.7 Å². The molecule has 0 saturated carbocycles. The average molecular weight is 283 g/mol. The summed E-state index contributed by atoms with van der Waals surface area (Å²) in [7, 11) is 0. The Morgan fingerprint density at radius 1 is 1.42 bits per heavy atom. The molecule has 0 amide bonds. The summed E-state index contributed by atoms with van der Waals surface area (Å²) in [5, 5.41) is 0.764. The number of aromatic nitrogens is 2. The van der Waals surface area contributed by atoms with E-state index in [2.05, 4.69) is 16.9 Å². The molecule has 0 radical (unpaired) electrons. The summed E-state index contributed by atoms with van der Waals surface area (Å²) in [6, 6.07) is 0. The Kier molecular flexibility index (Phi) is 5.60. The molecule has 1 heterocycles. The van der Waals surface area contributed by atoms with Crippen molar-refractivity contribution in [3.8, 4) is 0 Å². The lowest BCUT2D eigenvalue weighted by atomic mass is 10.2. The molecular weight excluding hydrogens is 262 g/mol. The molecule has 0 aliphatic carbocycles. The van der Waals surface area contributed by atoms with Gasteiger partial charge in [-0.1, -0.05) is 25.1 Å². The minimum atomic E-state index is -0.464. The van der Waals surface area contributed by atoms with Crippen molar-refractivity contribution in [3.63, 3.8) is 0 Å². The number of esters is 1. The zero-order valence-electron chi connectivity index (χ0n) is 11.9. The summed E-state index contributed by atoms with van der Waals surface area (Å²) < 4.78 is 5.26. The van der Waals surface area contributed by atoms with Crippen LogP contribution in [0.2, 0.25) is 0 Å². The lowest BCUT2D eigenvalue weighted by Crippen LogP contribution is -2.25. The molecule has 1 rings (SSSR count). The molecule has 0 fully saturated rings. The van der Waals surface area contributed by atoms with Gasteiger partial charge in [-0.25, -0.2) is 9.97 Å². The first-order chi connectivity index (χ1) is 8.83. The molecule has 19 heavy (non-hydrogen) atoms. The van der Waals surface area contributed by atoms with Crippen LogP contribution in [0, 0.1) is 0 Å². The SMILES string of the molecule is CCCc1c(N)ncnc1SCC(=O)OC(C)(C)C. The normalized spacial score (nSPS) is 11.4. The minimum absolute atomic E-state index is 0.227. The Labute approximate surface area is 118 Å². The lowest BCUT2D eigenvalue weighted by molar-refractivity contribution is -0.151. The van der Waals surface area contributed by atoms with Gasteiger partial charge in [0, 0.05) is 5.56 Å². The van der Waals surface area contributed by atoms with Gasteiger partial charge in [-0.2, -0.15) is 0 Å². The number of ether oxygens (including phenoxy) is 1. The van der Waals surface area contributed by atoms with Crippen LogP contribution in [-0.2, 0) is 16.0 Å². The number of thioether (sulfide) groups is 1. The Morgan fingerprint density at radius 3 is 2.68 bits per heavy atom. The summed E-state index contributed by atoms with van der Waals surface area (Å²) in [5.41, 5.74) is 6.29. The molecule has 1 aromatic rings. The lowest BCUT2D eigenvalue weighted by Gasteiger charge is -2.19. The highest BCUT2D eigenvalue weighted by Crippen LogP contribution is 2.25. The number of nitrogens with zero attached hydrogens (tertiary/aromatic N) is 2. The van der Waals surface area contributed by atoms with E-state index in [4.69, 9.17) is 10.5 Å². The van der Waals surface area contributed by atoms with Crippen LogP contribution in [0.3, 0.4) is 0 Å². The van der Waals surface area contributed by atoms with Gasteiger partial charge in [-0.05, 0) is 27.2 Å². The van der Waals surface area contributed by atoms with Gasteiger partial charge >= 0.3 is 5.97 Å². The molecule has 0 aromatic carbocycles. The van der Waals surface area contributed by atoms with Crippen molar-refractivity contribution in [1.29, 1.82) is 0 Å². The van der Waals surface area contributed by atoms with Gasteiger partial charge in [0.05, 0.1) is 5.75 Å². The number of carbonyl (C=O) groups excluding carboxylic acids is 1. The van der Waals surface area contributed by atoms with Gasteiger partial charge in [0.2, 0.25) is 0 Å². The second-order valence-electron chi connectivity index (χ2n) is 5.17. The van der Waals surface area contributed by atoms with E-state index in [0.29, 0.717) is 5.82 Å². The predicted molar refractivity (Wildman–Crippen MR) is 77.0 cm³/mol. The van der Waals surface area contributed by atoms with Crippen molar-refractivity contribution in [3.05, 3.63) is 11.9 Å². The average Bonchev–Trinajstić information content (AvgIpc) is 2.28. The summed E-state index contributed by atoms with van der Waals surface area (Å²) in [6.07, 6.45) is 3.19. The molecule has 5 nitrogen and oxygen atoms in total. The molecule has 0 spiro atoms. The second kappa shape index (κ2) is 6.75. The van der Waals surface area contributed by atoms with Gasteiger partial charge in [-0.3, -0.25) is 4.79 Å². The highest BCUT2D eigenvalue weighted by Gasteiger charge is 2.17. The van der Waals surface area contributed by atoms with Crippen LogP contribution in [0.15, 0.2) is 11.4 Å². The molecule has 0 saturated heterocycles. The van der Waals surface area contributed by atoms with Crippen molar-refractivity contribution < 1.29 is 9.53 Å². The summed E-state index contributed by atoms with van der Waals surface area (Å²) in [4.78, 5) is 19.8. The predicted octanol–water partition coefficient (Wildman–Crippen LogP) is 2.45. The Bertz CT molecular complexity index is 444. The molecular formula is C13H21N3O2S. The molecule has 0 bridgehead atoms. The molecule has 2 N–H and O–H groups in total. The van der Waals surface area contributed by atoms with Crippen LogP contribution >= 0.6 is 11.8 Å². The molecule has 1 aromatic heterocycles. The number of hydrogen-bond donors (Lipinski definition) is 1. The van der Waals surface area contributed by atoms with E-state index in [0.717, 1.165) is 23.4 Å². The van der Waals surface area contributed by atoms with Crippen molar-refractivity contribution in [2.75, 3.05) is 11.5 Å². The Balaban J connectivity index is 2.67. The first-order valence-corrected chi connectivity index (χ1v) is 7.26. The van der Waals surface area contributed by atoms with Crippen molar-refractivity contribution in [1.82, 2.24) is 9.97 Å². The number of hydrogen-bond acceptors (Lipinski definition) is 6. The van der Waals surface area contributed by atoms with Gasteiger partial charge in [0.1, 0.15) is 22.8 Å². The maximum Gasteiger partial charge on any atom is 0.316 e. The number of nitrogen functional groups attached to an aromatic ring is 1. The summed E-state index contributed by atoms with van der Waals surface area (Å²) in [5.74, 6) is 0.463. The fourth-order valence-electron chi connectivity index (χ4n) is 1.52. The third-order valence-electron chi connectivity index (χ3n) is 2.19. The molecule has 106 valence electrons. The standard InChI is InChI=1S/C13H21N3O2S/c1-5-6-9-11(14)15-8-16-12(9)19-7-10(17)18-13(2,3)4/h8H,5-7H2,1-4H3,(H2,14,15,16). The first-order valence-electron chi connectivity index (χ1n) is 6.27. The van der Waals surface area contributed by atoms with Crippen LogP contribution < -0.4 is 5.73 Å². The van der Waals surface area contributed by atoms with Gasteiger partial charge in [0.15, 0.2) is 0 Å². The Hall–Kier alpha value is -1.30. The fourth-order valence-corrected chi connectivity index (χ4v) is 2.33. The van der Waals surface area contributed by atoms with Gasteiger partial charge < -0.3 is 10.5 Å². The van der Waals surface area contributed by atoms with E-state index in [1.54, 1.807) is 0 Å². The van der Waals surface area contributed by atoms with Crippen LogP contribution in [0.5, 0.6) is 0 Å². The smallest absolute Gasteiger partial charge is 0.316 e. The largest absolute Gasteiger partial charge is 0.459 e. The van der Waals surface area contributed by atoms with Crippen LogP contribution in [0.25, 0.3) is 0 Å².